The van der Waals surface area contributed by atoms with Gasteiger partial charge in [-0.25, -0.2) is 9.97 Å². The van der Waals surface area contributed by atoms with Gasteiger partial charge in [0.2, 0.25) is 0 Å². The van der Waals surface area contributed by atoms with Crippen LogP contribution in [-0.2, 0) is 0 Å². The number of aryl methyl sites for hydroxylation is 1. The van der Waals surface area contributed by atoms with Crippen LogP contribution in [0.2, 0.25) is 0 Å². The van der Waals surface area contributed by atoms with Gasteiger partial charge in [0, 0.05) is 18.5 Å². The third-order valence-corrected chi connectivity index (χ3v) is 4.35. The van der Waals surface area contributed by atoms with Crippen LogP contribution in [0.25, 0.3) is 10.2 Å². The van der Waals surface area contributed by atoms with E-state index >= 15 is 0 Å². The van der Waals surface area contributed by atoms with Crippen molar-refractivity contribution in [2.24, 2.45) is 0 Å². The van der Waals surface area contributed by atoms with E-state index in [1.54, 1.807) is 17.7 Å². The monoisotopic (exact) mass is 267 g/mol. The maximum atomic E-state index is 5.89. The van der Waals surface area contributed by atoms with Crippen molar-refractivity contribution in [3.8, 4) is 0 Å². The molecule has 2 heterocycles. The Bertz CT molecular complexity index is 536. The minimum atomic E-state index is 0.634. The first-order valence-electron chi connectivity index (χ1n) is 5.82. The summed E-state index contributed by atoms with van der Waals surface area (Å²) in [5.74, 6) is 1.71. The van der Waals surface area contributed by atoms with Crippen LogP contribution in [0.1, 0.15) is 18.4 Å². The summed E-state index contributed by atoms with van der Waals surface area (Å²) < 4.78 is 1.20. The Labute approximate surface area is 109 Å². The van der Waals surface area contributed by atoms with Crippen molar-refractivity contribution in [2.45, 2.75) is 25.8 Å². The summed E-state index contributed by atoms with van der Waals surface area (Å²) in [6.45, 7) is 2.97. The molecule has 3 rings (SSSR count). The van der Waals surface area contributed by atoms with Gasteiger partial charge in [-0.05, 0) is 30.7 Å². The van der Waals surface area contributed by atoms with Crippen LogP contribution in [0.3, 0.4) is 0 Å². The Morgan fingerprint density at radius 1 is 1.47 bits per heavy atom. The highest BCUT2D eigenvalue weighted by Gasteiger charge is 2.31. The second-order valence-electron chi connectivity index (χ2n) is 4.41. The van der Waals surface area contributed by atoms with Crippen molar-refractivity contribution < 1.29 is 0 Å². The Balaban J connectivity index is 2.08. The van der Waals surface area contributed by atoms with Crippen LogP contribution in [0.15, 0.2) is 11.7 Å². The van der Waals surface area contributed by atoms with E-state index in [9.17, 15) is 0 Å². The summed E-state index contributed by atoms with van der Waals surface area (Å²) in [5.41, 5.74) is 2.32. The third kappa shape index (κ3) is 2.00. The van der Waals surface area contributed by atoms with E-state index in [2.05, 4.69) is 27.2 Å². The number of halogens is 1. The number of alkyl halides is 1. The molecule has 1 fully saturated rings. The predicted molar refractivity (Wildman–Crippen MR) is 73.2 cm³/mol. The highest BCUT2D eigenvalue weighted by molar-refractivity contribution is 7.18. The zero-order chi connectivity index (χ0) is 11.8. The Kier molecular flexibility index (Phi) is 2.92. The number of hydrogen-bond donors (Lipinski definition) is 0. The second kappa shape index (κ2) is 4.42. The highest BCUT2D eigenvalue weighted by atomic mass is 35.5. The lowest BCUT2D eigenvalue weighted by atomic mass is 10.3. The van der Waals surface area contributed by atoms with Crippen molar-refractivity contribution >= 4 is 39.0 Å². The molecule has 5 heteroatoms. The van der Waals surface area contributed by atoms with Gasteiger partial charge in [0.05, 0.1) is 10.2 Å². The summed E-state index contributed by atoms with van der Waals surface area (Å²) in [5, 5.41) is 2.15. The van der Waals surface area contributed by atoms with Gasteiger partial charge in [-0.3, -0.25) is 0 Å². The molecule has 0 aromatic carbocycles. The van der Waals surface area contributed by atoms with Gasteiger partial charge in [0.15, 0.2) is 0 Å². The molecule has 0 atom stereocenters. The Morgan fingerprint density at radius 2 is 2.29 bits per heavy atom. The van der Waals surface area contributed by atoms with Crippen LogP contribution in [0.5, 0.6) is 0 Å². The molecule has 2 aromatic heterocycles. The largest absolute Gasteiger partial charge is 0.351 e. The molecule has 2 aromatic rings. The van der Waals surface area contributed by atoms with E-state index in [0.717, 1.165) is 17.9 Å². The number of nitrogens with zero attached hydrogens (tertiary/aromatic N) is 3. The van der Waals surface area contributed by atoms with E-state index in [0.29, 0.717) is 11.9 Å². The lowest BCUT2D eigenvalue weighted by Gasteiger charge is -2.22. The fourth-order valence-electron chi connectivity index (χ4n) is 2.10. The maximum Gasteiger partial charge on any atom is 0.150 e. The minimum absolute atomic E-state index is 0.634. The molecule has 0 unspecified atom stereocenters. The molecular formula is C12H14ClN3S. The lowest BCUT2D eigenvalue weighted by molar-refractivity contribution is 0.815. The molecule has 1 aliphatic carbocycles. The first-order valence-corrected chi connectivity index (χ1v) is 7.24. The average molecular weight is 268 g/mol. The molecule has 0 amide bonds. The summed E-state index contributed by atoms with van der Waals surface area (Å²) in [6, 6.07) is 0.634. The zero-order valence-corrected chi connectivity index (χ0v) is 11.3. The van der Waals surface area contributed by atoms with Gasteiger partial charge in [-0.15, -0.1) is 22.9 Å². The van der Waals surface area contributed by atoms with E-state index in [4.69, 9.17) is 11.6 Å². The Morgan fingerprint density at radius 3 is 3.00 bits per heavy atom. The molecule has 1 saturated carbocycles. The fraction of sp³-hybridized carbons (Fsp3) is 0.500. The van der Waals surface area contributed by atoms with Gasteiger partial charge in [-0.2, -0.15) is 0 Å². The van der Waals surface area contributed by atoms with Crippen molar-refractivity contribution in [1.82, 2.24) is 9.97 Å². The van der Waals surface area contributed by atoms with Crippen LogP contribution < -0.4 is 4.90 Å². The number of hydrogen-bond acceptors (Lipinski definition) is 4. The zero-order valence-electron chi connectivity index (χ0n) is 9.69. The van der Waals surface area contributed by atoms with Gasteiger partial charge in [0.25, 0.3) is 0 Å². The molecular weight excluding hydrogens is 254 g/mol. The highest BCUT2D eigenvalue weighted by Crippen LogP contribution is 2.36. The van der Waals surface area contributed by atoms with Crippen LogP contribution in [-0.4, -0.2) is 28.4 Å². The van der Waals surface area contributed by atoms with Gasteiger partial charge < -0.3 is 4.90 Å². The number of fused-ring (bicyclic) bond motifs is 1. The number of anilines is 1. The average Bonchev–Trinajstić information content (AvgIpc) is 3.11. The normalized spacial score (nSPS) is 15.4. The van der Waals surface area contributed by atoms with Crippen LogP contribution >= 0.6 is 22.9 Å². The molecule has 0 N–H and O–H groups in total. The first-order chi connectivity index (χ1) is 8.31. The standard InChI is InChI=1S/C12H14ClN3S/c1-8-6-17-11-10(8)14-7-15-12(11)16(5-4-13)9-2-3-9/h6-7,9H,2-5H2,1H3. The van der Waals surface area contributed by atoms with Crippen molar-refractivity contribution in [2.75, 3.05) is 17.3 Å². The second-order valence-corrected chi connectivity index (χ2v) is 5.66. The minimum Gasteiger partial charge on any atom is -0.351 e. The summed E-state index contributed by atoms with van der Waals surface area (Å²) in [7, 11) is 0. The van der Waals surface area contributed by atoms with E-state index in [-0.39, 0.29) is 0 Å². The topological polar surface area (TPSA) is 29.0 Å². The number of thiophene rings is 1. The molecule has 3 nitrogen and oxygen atoms in total. The van der Waals surface area contributed by atoms with E-state index < -0.39 is 0 Å². The fourth-order valence-corrected chi connectivity index (χ4v) is 3.29. The van der Waals surface area contributed by atoms with Gasteiger partial charge >= 0.3 is 0 Å². The number of rotatable bonds is 4. The van der Waals surface area contributed by atoms with Gasteiger partial charge in [-0.1, -0.05) is 0 Å². The molecule has 0 bridgehead atoms. The van der Waals surface area contributed by atoms with Crippen LogP contribution in [0.4, 0.5) is 5.82 Å². The van der Waals surface area contributed by atoms with Crippen molar-refractivity contribution in [1.29, 1.82) is 0 Å². The van der Waals surface area contributed by atoms with Crippen molar-refractivity contribution in [3.05, 3.63) is 17.3 Å². The summed E-state index contributed by atoms with van der Waals surface area (Å²) >= 11 is 7.62. The lowest BCUT2D eigenvalue weighted by Crippen LogP contribution is -2.28. The molecule has 1 aliphatic rings. The van der Waals surface area contributed by atoms with E-state index in [1.165, 1.54) is 23.1 Å². The molecule has 0 aliphatic heterocycles. The predicted octanol–water partition coefficient (Wildman–Crippen LogP) is 3.21. The molecule has 0 spiro atoms. The van der Waals surface area contributed by atoms with Gasteiger partial charge in [0.1, 0.15) is 12.1 Å². The Hall–Kier alpha value is -0.870. The van der Waals surface area contributed by atoms with Crippen molar-refractivity contribution in [3.63, 3.8) is 0 Å². The summed E-state index contributed by atoms with van der Waals surface area (Å²) in [6.07, 6.45) is 4.18. The van der Waals surface area contributed by atoms with Crippen LogP contribution in [0, 0.1) is 6.92 Å². The molecule has 0 radical (unpaired) electrons. The molecule has 0 saturated heterocycles. The maximum absolute atomic E-state index is 5.89. The smallest absolute Gasteiger partial charge is 0.150 e. The third-order valence-electron chi connectivity index (χ3n) is 3.10. The van der Waals surface area contributed by atoms with E-state index in [1.807, 2.05) is 0 Å². The number of aromatic nitrogens is 2. The molecule has 17 heavy (non-hydrogen) atoms. The first kappa shape index (κ1) is 11.2. The molecule has 90 valence electrons. The quantitative estimate of drug-likeness (QED) is 0.797. The summed E-state index contributed by atoms with van der Waals surface area (Å²) in [4.78, 5) is 11.2. The SMILES string of the molecule is Cc1csc2c(N(CCCl)C3CC3)ncnc12.